The molecule has 0 saturated carbocycles. The van der Waals surface area contributed by atoms with Crippen LogP contribution in [0.2, 0.25) is 0 Å². The predicted octanol–water partition coefficient (Wildman–Crippen LogP) is 2.36. The zero-order valence-electron chi connectivity index (χ0n) is 8.89. The van der Waals surface area contributed by atoms with Gasteiger partial charge in [0.1, 0.15) is 0 Å². The molecule has 0 aromatic rings. The van der Waals surface area contributed by atoms with Crippen LogP contribution in [-0.4, -0.2) is 40.0 Å². The summed E-state index contributed by atoms with van der Waals surface area (Å²) in [6.07, 6.45) is 0. The minimum Gasteiger partial charge on any atom is -0.452 e. The molecular formula is C9H21MgN. The average Bonchev–Trinajstić information content (AvgIpc) is 1.64. The van der Waals surface area contributed by atoms with Gasteiger partial charge in [-0.25, -0.2) is 0 Å². The third-order valence-electron chi connectivity index (χ3n) is 1.49. The molecule has 0 aromatic heterocycles. The van der Waals surface area contributed by atoms with Crippen LogP contribution in [0.3, 0.4) is 0 Å². The number of hydrogen-bond acceptors (Lipinski definition) is 1. The monoisotopic (exact) mass is 167 g/mol. The zero-order chi connectivity index (χ0) is 7.44. The molecule has 0 amide bonds. The molecule has 0 aromatic carbocycles. The van der Waals surface area contributed by atoms with Crippen LogP contribution in [0, 0.1) is 14.0 Å². The van der Waals surface area contributed by atoms with Gasteiger partial charge in [0, 0.05) is 0 Å². The summed E-state index contributed by atoms with van der Waals surface area (Å²) >= 11 is 0. The fourth-order valence-corrected chi connectivity index (χ4v) is 1.19. The molecule has 0 fully saturated rings. The van der Waals surface area contributed by atoms with E-state index >= 15 is 0 Å². The number of nitrogens with zero attached hydrogens (tertiary/aromatic N) is 1. The van der Waals surface area contributed by atoms with Crippen molar-refractivity contribution in [2.45, 2.75) is 46.7 Å². The smallest absolute Gasteiger partial charge is 0.452 e. The van der Waals surface area contributed by atoms with Crippen LogP contribution in [0.1, 0.15) is 34.6 Å². The number of hydrogen-bond donors (Lipinski definition) is 0. The van der Waals surface area contributed by atoms with Gasteiger partial charge >= 0.3 is 23.1 Å². The van der Waals surface area contributed by atoms with E-state index in [0.717, 1.165) is 0 Å². The van der Waals surface area contributed by atoms with E-state index in [2.05, 4.69) is 46.1 Å². The van der Waals surface area contributed by atoms with Crippen LogP contribution < -0.4 is 0 Å². The van der Waals surface area contributed by atoms with Crippen LogP contribution in [0.4, 0.5) is 0 Å². The Labute approximate surface area is 88.7 Å². The Morgan fingerprint density at radius 2 is 1.27 bits per heavy atom. The maximum Gasteiger partial charge on any atom is 2.00 e. The van der Waals surface area contributed by atoms with Crippen molar-refractivity contribution in [1.82, 2.24) is 4.90 Å². The van der Waals surface area contributed by atoms with Crippen molar-refractivity contribution in [2.24, 2.45) is 0 Å². The minimum atomic E-state index is 0. The van der Waals surface area contributed by atoms with E-state index in [1.165, 1.54) is 0 Å². The van der Waals surface area contributed by atoms with Gasteiger partial charge in [-0.15, -0.1) is 0 Å². The first-order valence-corrected chi connectivity index (χ1v) is 3.66. The van der Waals surface area contributed by atoms with Gasteiger partial charge in [0.25, 0.3) is 0 Å². The third-order valence-corrected chi connectivity index (χ3v) is 1.49. The van der Waals surface area contributed by atoms with Gasteiger partial charge in [0.15, 0.2) is 0 Å². The first-order chi connectivity index (χ1) is 4.09. The van der Waals surface area contributed by atoms with E-state index in [1.54, 1.807) is 0 Å². The summed E-state index contributed by atoms with van der Waals surface area (Å²) in [4.78, 5) is 2.33. The Kier molecular flexibility index (Phi) is 14.2. The summed E-state index contributed by atoms with van der Waals surface area (Å²) in [6.45, 7) is 13.1. The molecule has 0 aliphatic carbocycles. The molecule has 0 aliphatic rings. The normalized spacial score (nSPS) is 9.82. The molecule has 0 bridgehead atoms. The second kappa shape index (κ2) is 8.82. The molecule has 0 atom stereocenters. The molecule has 64 valence electrons. The van der Waals surface area contributed by atoms with E-state index in [4.69, 9.17) is 0 Å². The molecular weight excluding hydrogens is 146 g/mol. The van der Waals surface area contributed by atoms with Crippen molar-refractivity contribution in [3.05, 3.63) is 14.0 Å². The summed E-state index contributed by atoms with van der Waals surface area (Å²) in [7, 11) is 0. The summed E-state index contributed by atoms with van der Waals surface area (Å²) < 4.78 is 0. The van der Waals surface area contributed by atoms with E-state index in [0.29, 0.717) is 12.1 Å². The first kappa shape index (κ1) is 17.7. The van der Waals surface area contributed by atoms with Crippen LogP contribution >= 0.6 is 0 Å². The Morgan fingerprint density at radius 1 is 1.00 bits per heavy atom. The van der Waals surface area contributed by atoms with Crippen molar-refractivity contribution in [2.75, 3.05) is 0 Å². The van der Waals surface area contributed by atoms with Crippen LogP contribution in [0.5, 0.6) is 0 Å². The van der Waals surface area contributed by atoms with Gasteiger partial charge in [-0.1, -0.05) is 27.7 Å². The standard InChI is InChI=1S/C8H18N.CH3.Mg/c1-6-9(7(2)3)8(4)5;;/h6-8H,1-5H3;1H3;/q2*-1;+2. The van der Waals surface area contributed by atoms with Crippen LogP contribution in [0.15, 0.2) is 0 Å². The first-order valence-electron chi connectivity index (χ1n) is 3.66. The molecule has 2 heteroatoms. The summed E-state index contributed by atoms with van der Waals surface area (Å²) in [5, 5.41) is 0. The van der Waals surface area contributed by atoms with Crippen LogP contribution in [0.25, 0.3) is 0 Å². The molecule has 0 heterocycles. The third kappa shape index (κ3) is 7.10. The second-order valence-corrected chi connectivity index (χ2v) is 2.89. The molecule has 1 nitrogen and oxygen atoms in total. The molecule has 0 radical (unpaired) electrons. The predicted molar refractivity (Wildman–Crippen MR) is 54.3 cm³/mol. The Bertz CT molecular complexity index is 64.0. The van der Waals surface area contributed by atoms with E-state index < -0.39 is 0 Å². The van der Waals surface area contributed by atoms with Crippen molar-refractivity contribution in [3.8, 4) is 0 Å². The summed E-state index contributed by atoms with van der Waals surface area (Å²) in [6, 6.07) is 1.27. The summed E-state index contributed by atoms with van der Waals surface area (Å²) in [5.41, 5.74) is 0. The molecule has 0 spiro atoms. The van der Waals surface area contributed by atoms with E-state index in [-0.39, 0.29) is 30.5 Å². The average molecular weight is 168 g/mol. The maximum atomic E-state index is 2.33. The Balaban J connectivity index is -0.000000320. The largest absolute Gasteiger partial charge is 2.00 e. The van der Waals surface area contributed by atoms with Crippen LogP contribution in [-0.2, 0) is 0 Å². The fraction of sp³-hybridized carbons (Fsp3) is 0.778. The number of rotatable bonds is 3. The van der Waals surface area contributed by atoms with Gasteiger partial charge in [-0.3, -0.25) is 6.54 Å². The van der Waals surface area contributed by atoms with Crippen molar-refractivity contribution in [3.63, 3.8) is 0 Å². The molecule has 11 heavy (non-hydrogen) atoms. The van der Waals surface area contributed by atoms with Gasteiger partial charge in [0.05, 0.1) is 0 Å². The molecule has 0 rings (SSSR count). The quantitative estimate of drug-likeness (QED) is 0.461. The van der Waals surface area contributed by atoms with Gasteiger partial charge in [-0.05, 0) is 12.1 Å². The molecule has 0 aliphatic heterocycles. The molecule has 0 unspecified atom stereocenters. The Morgan fingerprint density at radius 3 is 1.27 bits per heavy atom. The van der Waals surface area contributed by atoms with Gasteiger partial charge in [-0.2, -0.15) is 6.92 Å². The fourth-order valence-electron chi connectivity index (χ4n) is 1.19. The minimum absolute atomic E-state index is 0. The zero-order valence-corrected chi connectivity index (χ0v) is 10.3. The SMILES string of the molecule is C[CH-]N(C(C)C)C(C)C.[CH3-].[Mg+2]. The van der Waals surface area contributed by atoms with Crippen molar-refractivity contribution >= 4 is 23.1 Å². The molecule has 0 saturated heterocycles. The topological polar surface area (TPSA) is 3.24 Å². The molecule has 0 N–H and O–H groups in total. The van der Waals surface area contributed by atoms with Crippen molar-refractivity contribution < 1.29 is 0 Å². The van der Waals surface area contributed by atoms with Gasteiger partial charge in [0.2, 0.25) is 0 Å². The summed E-state index contributed by atoms with van der Waals surface area (Å²) in [5.74, 6) is 0. The van der Waals surface area contributed by atoms with E-state index in [1.807, 2.05) is 0 Å². The Hall–Kier alpha value is 0.726. The van der Waals surface area contributed by atoms with Crippen molar-refractivity contribution in [1.29, 1.82) is 0 Å². The van der Waals surface area contributed by atoms with E-state index in [9.17, 15) is 0 Å². The second-order valence-electron chi connectivity index (χ2n) is 2.89. The van der Waals surface area contributed by atoms with Gasteiger partial charge < -0.3 is 12.3 Å². The maximum absolute atomic E-state index is 2.33.